The summed E-state index contributed by atoms with van der Waals surface area (Å²) in [6.07, 6.45) is 5.72. The Hall–Kier alpha value is -1.62. The van der Waals surface area contributed by atoms with E-state index in [2.05, 4.69) is 9.80 Å². The van der Waals surface area contributed by atoms with E-state index in [4.69, 9.17) is 4.98 Å². The Labute approximate surface area is 124 Å². The maximum Gasteiger partial charge on any atom is 0.339 e. The molecule has 21 heavy (non-hydrogen) atoms. The average Bonchev–Trinajstić information content (AvgIpc) is 3.24. The van der Waals surface area contributed by atoms with Crippen molar-refractivity contribution in [3.8, 4) is 0 Å². The van der Waals surface area contributed by atoms with Gasteiger partial charge >= 0.3 is 5.97 Å². The number of hydrogen-bond donors (Lipinski definition) is 1. The zero-order valence-corrected chi connectivity index (χ0v) is 12.2. The number of hydrogen-bond acceptors (Lipinski definition) is 4. The molecular formula is C16H21N3O2. The number of fused-ring (bicyclic) bond motifs is 1. The lowest BCUT2D eigenvalue weighted by atomic mass is 10.1. The number of aromatic nitrogens is 1. The van der Waals surface area contributed by atoms with Crippen LogP contribution in [0.2, 0.25) is 0 Å². The van der Waals surface area contributed by atoms with Crippen molar-refractivity contribution < 1.29 is 9.90 Å². The summed E-state index contributed by atoms with van der Waals surface area (Å²) < 4.78 is 0. The van der Waals surface area contributed by atoms with Crippen LogP contribution in [0, 0.1) is 0 Å². The maximum atomic E-state index is 11.6. The van der Waals surface area contributed by atoms with Crippen LogP contribution in [0.25, 0.3) is 0 Å². The van der Waals surface area contributed by atoms with Crippen LogP contribution < -0.4 is 4.90 Å². The van der Waals surface area contributed by atoms with Gasteiger partial charge in [-0.15, -0.1) is 0 Å². The second-order valence-corrected chi connectivity index (χ2v) is 6.38. The molecule has 1 saturated carbocycles. The Morgan fingerprint density at radius 3 is 2.62 bits per heavy atom. The highest BCUT2D eigenvalue weighted by Gasteiger charge is 2.32. The van der Waals surface area contributed by atoms with Gasteiger partial charge in [-0.2, -0.15) is 0 Å². The van der Waals surface area contributed by atoms with Crippen molar-refractivity contribution >= 4 is 11.8 Å². The second-order valence-electron chi connectivity index (χ2n) is 6.38. The van der Waals surface area contributed by atoms with Crippen LogP contribution in [0.15, 0.2) is 6.07 Å². The summed E-state index contributed by atoms with van der Waals surface area (Å²) in [5, 5.41) is 9.50. The molecule has 0 bridgehead atoms. The lowest BCUT2D eigenvalue weighted by Crippen LogP contribution is -2.48. The van der Waals surface area contributed by atoms with Crippen molar-refractivity contribution in [2.45, 2.75) is 38.1 Å². The van der Waals surface area contributed by atoms with Gasteiger partial charge in [0.1, 0.15) is 11.4 Å². The van der Waals surface area contributed by atoms with Crippen LogP contribution >= 0.6 is 0 Å². The van der Waals surface area contributed by atoms with Gasteiger partial charge in [-0.25, -0.2) is 9.78 Å². The number of carboxylic acid groups (broad SMARTS) is 1. The first-order valence-corrected chi connectivity index (χ1v) is 7.97. The lowest BCUT2D eigenvalue weighted by molar-refractivity contribution is 0.0696. The number of nitrogens with zero attached hydrogens (tertiary/aromatic N) is 3. The molecule has 0 radical (unpaired) electrons. The minimum Gasteiger partial charge on any atom is -0.478 e. The van der Waals surface area contributed by atoms with Gasteiger partial charge < -0.3 is 10.0 Å². The van der Waals surface area contributed by atoms with E-state index in [9.17, 15) is 9.90 Å². The van der Waals surface area contributed by atoms with E-state index in [0.29, 0.717) is 11.4 Å². The van der Waals surface area contributed by atoms with Gasteiger partial charge in [0.15, 0.2) is 0 Å². The number of pyridine rings is 1. The van der Waals surface area contributed by atoms with Gasteiger partial charge in [-0.1, -0.05) is 0 Å². The number of anilines is 1. The fourth-order valence-electron chi connectivity index (χ4n) is 3.60. The van der Waals surface area contributed by atoms with Crippen LogP contribution in [0.3, 0.4) is 0 Å². The number of rotatable bonds is 3. The molecular weight excluding hydrogens is 266 g/mol. The molecule has 0 unspecified atom stereocenters. The lowest BCUT2D eigenvalue weighted by Gasteiger charge is -2.36. The van der Waals surface area contributed by atoms with Crippen LogP contribution in [-0.4, -0.2) is 53.2 Å². The van der Waals surface area contributed by atoms with Crippen LogP contribution in [0.5, 0.6) is 0 Å². The molecule has 0 atom stereocenters. The molecule has 1 saturated heterocycles. The summed E-state index contributed by atoms with van der Waals surface area (Å²) >= 11 is 0. The SMILES string of the molecule is O=C(O)c1cc2c(nc1N1CCN(C3CC3)CC1)CCC2. The zero-order valence-electron chi connectivity index (χ0n) is 12.2. The number of carbonyl (C=O) groups is 1. The number of aromatic carboxylic acids is 1. The summed E-state index contributed by atoms with van der Waals surface area (Å²) in [6, 6.07) is 2.65. The highest BCUT2D eigenvalue weighted by molar-refractivity contribution is 5.93. The number of piperazine rings is 1. The van der Waals surface area contributed by atoms with Crippen molar-refractivity contribution in [1.82, 2.24) is 9.88 Å². The molecule has 112 valence electrons. The van der Waals surface area contributed by atoms with E-state index in [1.165, 1.54) is 12.8 Å². The largest absolute Gasteiger partial charge is 0.478 e. The Kier molecular flexibility index (Phi) is 3.10. The van der Waals surface area contributed by atoms with Crippen LogP contribution in [0.1, 0.15) is 40.9 Å². The first-order chi connectivity index (χ1) is 10.2. The Morgan fingerprint density at radius 2 is 1.95 bits per heavy atom. The van der Waals surface area contributed by atoms with Gasteiger partial charge in [0.2, 0.25) is 0 Å². The minimum atomic E-state index is -0.850. The fraction of sp³-hybridized carbons (Fsp3) is 0.625. The van der Waals surface area contributed by atoms with Crippen molar-refractivity contribution in [1.29, 1.82) is 0 Å². The van der Waals surface area contributed by atoms with Gasteiger partial charge in [-0.3, -0.25) is 4.90 Å². The molecule has 4 rings (SSSR count). The van der Waals surface area contributed by atoms with E-state index >= 15 is 0 Å². The molecule has 1 aromatic rings. The Morgan fingerprint density at radius 1 is 1.19 bits per heavy atom. The summed E-state index contributed by atoms with van der Waals surface area (Å²) in [5.41, 5.74) is 2.63. The third kappa shape index (κ3) is 2.39. The third-order valence-electron chi connectivity index (χ3n) is 4.94. The first-order valence-electron chi connectivity index (χ1n) is 7.97. The summed E-state index contributed by atoms with van der Waals surface area (Å²) in [7, 11) is 0. The molecule has 2 fully saturated rings. The average molecular weight is 287 g/mol. The van der Waals surface area contributed by atoms with Gasteiger partial charge in [0, 0.05) is 37.9 Å². The summed E-state index contributed by atoms with van der Waals surface area (Å²) in [5.74, 6) is -0.157. The van der Waals surface area contributed by atoms with Crippen LogP contribution in [0.4, 0.5) is 5.82 Å². The monoisotopic (exact) mass is 287 g/mol. The quantitative estimate of drug-likeness (QED) is 0.914. The molecule has 0 amide bonds. The second kappa shape index (κ2) is 4.98. The molecule has 0 aromatic carbocycles. The highest BCUT2D eigenvalue weighted by atomic mass is 16.4. The summed E-state index contributed by atoms with van der Waals surface area (Å²) in [4.78, 5) is 21.0. The topological polar surface area (TPSA) is 56.7 Å². The predicted molar refractivity (Wildman–Crippen MR) is 80.0 cm³/mol. The van der Waals surface area contributed by atoms with E-state index < -0.39 is 5.97 Å². The van der Waals surface area contributed by atoms with E-state index in [1.54, 1.807) is 0 Å². The minimum absolute atomic E-state index is 0.385. The maximum absolute atomic E-state index is 11.6. The Balaban J connectivity index is 1.60. The van der Waals surface area contributed by atoms with Gasteiger partial charge in [0.05, 0.1) is 0 Å². The van der Waals surface area contributed by atoms with Gasteiger partial charge in [0.25, 0.3) is 0 Å². The standard InChI is InChI=1S/C16H21N3O2/c20-16(21)13-10-11-2-1-3-14(11)17-15(13)19-8-6-18(7-9-19)12-4-5-12/h10,12H,1-9H2,(H,20,21). The highest BCUT2D eigenvalue weighted by Crippen LogP contribution is 2.31. The molecule has 0 spiro atoms. The molecule has 5 heteroatoms. The zero-order chi connectivity index (χ0) is 14.4. The fourth-order valence-corrected chi connectivity index (χ4v) is 3.60. The normalized spacial score (nSPS) is 22.4. The van der Waals surface area contributed by atoms with Crippen molar-refractivity contribution in [2.75, 3.05) is 31.1 Å². The van der Waals surface area contributed by atoms with E-state index in [1.807, 2.05) is 6.07 Å². The van der Waals surface area contributed by atoms with E-state index in [0.717, 1.165) is 62.7 Å². The molecule has 1 N–H and O–H groups in total. The summed E-state index contributed by atoms with van der Waals surface area (Å²) in [6.45, 7) is 3.84. The molecule has 2 aliphatic carbocycles. The Bertz CT molecular complexity index is 575. The third-order valence-corrected chi connectivity index (χ3v) is 4.94. The van der Waals surface area contributed by atoms with E-state index in [-0.39, 0.29) is 0 Å². The smallest absolute Gasteiger partial charge is 0.339 e. The molecule has 5 nitrogen and oxygen atoms in total. The van der Waals surface area contributed by atoms with Crippen molar-refractivity contribution in [2.24, 2.45) is 0 Å². The first kappa shape index (κ1) is 13.1. The van der Waals surface area contributed by atoms with Crippen molar-refractivity contribution in [3.05, 3.63) is 22.9 Å². The predicted octanol–water partition coefficient (Wildman–Crippen LogP) is 1.55. The molecule has 3 aliphatic rings. The number of carboxylic acids is 1. The van der Waals surface area contributed by atoms with Crippen LogP contribution in [-0.2, 0) is 12.8 Å². The molecule has 2 heterocycles. The van der Waals surface area contributed by atoms with Crippen molar-refractivity contribution in [3.63, 3.8) is 0 Å². The molecule has 1 aromatic heterocycles. The number of aryl methyl sites for hydroxylation is 2. The molecule has 1 aliphatic heterocycles. The van der Waals surface area contributed by atoms with Gasteiger partial charge in [-0.05, 0) is 43.7 Å².